The van der Waals surface area contributed by atoms with Gasteiger partial charge in [-0.25, -0.2) is 21.9 Å². The third-order valence-corrected chi connectivity index (χ3v) is 6.79. The number of benzene rings is 1. The van der Waals surface area contributed by atoms with Crippen molar-refractivity contribution in [3.05, 3.63) is 35.6 Å². The van der Waals surface area contributed by atoms with Gasteiger partial charge in [0.15, 0.2) is 0 Å². The molecule has 2 aliphatic rings. The maximum Gasteiger partial charge on any atom is 0.406 e. The Morgan fingerprint density at radius 1 is 1.03 bits per heavy atom. The molecule has 0 atom stereocenters. The van der Waals surface area contributed by atoms with E-state index in [1.807, 2.05) is 0 Å². The Morgan fingerprint density at radius 2 is 1.62 bits per heavy atom. The Balaban J connectivity index is 1.59. The van der Waals surface area contributed by atoms with Crippen molar-refractivity contribution < 1.29 is 35.6 Å². The molecule has 160 valence electrons. The Kier molecular flexibility index (Phi) is 5.86. The van der Waals surface area contributed by atoms with Crippen LogP contribution in [0.3, 0.4) is 0 Å². The Labute approximate surface area is 164 Å². The van der Waals surface area contributed by atoms with Crippen LogP contribution in [0.25, 0.3) is 0 Å². The van der Waals surface area contributed by atoms with Crippen LogP contribution >= 0.6 is 0 Å². The number of piperidine rings is 1. The fourth-order valence-electron chi connectivity index (χ4n) is 3.50. The fraction of sp³-hybridized carbons (Fsp3) is 0.529. The third kappa shape index (κ3) is 5.04. The fourth-order valence-corrected chi connectivity index (χ4v) is 5.06. The Bertz CT molecular complexity index is 881. The van der Waals surface area contributed by atoms with Crippen molar-refractivity contribution in [3.8, 4) is 0 Å². The first-order chi connectivity index (χ1) is 13.5. The Hall–Kier alpha value is -2.21. The van der Waals surface area contributed by atoms with Crippen LogP contribution in [0.15, 0.2) is 24.3 Å². The molecule has 3 amide bonds. The number of halogens is 4. The van der Waals surface area contributed by atoms with E-state index in [2.05, 4.69) is 0 Å². The van der Waals surface area contributed by atoms with Crippen molar-refractivity contribution in [1.82, 2.24) is 14.1 Å². The molecule has 0 unspecified atom stereocenters. The second kappa shape index (κ2) is 7.90. The van der Waals surface area contributed by atoms with E-state index in [4.69, 9.17) is 0 Å². The lowest BCUT2D eigenvalue weighted by atomic mass is 10.1. The number of alkyl halides is 3. The van der Waals surface area contributed by atoms with Crippen molar-refractivity contribution >= 4 is 22.0 Å². The maximum atomic E-state index is 13.0. The SMILES string of the molecule is O=C1CN(C2CCN(S(=O)(=O)Cc3ccc(F)cc3)CC2)C(=O)N1CC(F)(F)F. The molecule has 0 bridgehead atoms. The van der Waals surface area contributed by atoms with Crippen LogP contribution in [0.5, 0.6) is 0 Å². The number of nitrogens with zero attached hydrogens (tertiary/aromatic N) is 3. The van der Waals surface area contributed by atoms with Gasteiger partial charge >= 0.3 is 12.2 Å². The number of amides is 3. The zero-order valence-electron chi connectivity index (χ0n) is 15.2. The second-order valence-corrected chi connectivity index (χ2v) is 8.99. The molecule has 2 fully saturated rings. The number of carbonyl (C=O) groups is 2. The predicted molar refractivity (Wildman–Crippen MR) is 93.5 cm³/mol. The van der Waals surface area contributed by atoms with Crippen LogP contribution in [-0.4, -0.2) is 72.9 Å². The molecule has 3 rings (SSSR count). The summed E-state index contributed by atoms with van der Waals surface area (Å²) < 4.78 is 77.0. The molecular weight excluding hydrogens is 418 g/mol. The van der Waals surface area contributed by atoms with Gasteiger partial charge in [0.05, 0.1) is 5.75 Å². The first-order valence-corrected chi connectivity index (χ1v) is 10.5. The Morgan fingerprint density at radius 3 is 2.17 bits per heavy atom. The average Bonchev–Trinajstić information content (AvgIpc) is 2.90. The lowest BCUT2D eigenvalue weighted by Gasteiger charge is -2.35. The zero-order valence-corrected chi connectivity index (χ0v) is 16.0. The van der Waals surface area contributed by atoms with Gasteiger partial charge in [-0.15, -0.1) is 0 Å². The molecule has 0 aromatic heterocycles. The van der Waals surface area contributed by atoms with Crippen LogP contribution in [0.1, 0.15) is 18.4 Å². The minimum absolute atomic E-state index is 0.0748. The lowest BCUT2D eigenvalue weighted by Crippen LogP contribution is -2.48. The molecule has 0 N–H and O–H groups in total. The van der Waals surface area contributed by atoms with Crippen LogP contribution < -0.4 is 0 Å². The van der Waals surface area contributed by atoms with Gasteiger partial charge in [0.2, 0.25) is 10.0 Å². The summed E-state index contributed by atoms with van der Waals surface area (Å²) in [4.78, 5) is 25.3. The van der Waals surface area contributed by atoms with E-state index in [9.17, 15) is 35.6 Å². The molecule has 1 aromatic carbocycles. The predicted octanol–water partition coefficient (Wildman–Crippen LogP) is 1.95. The first kappa shape index (κ1) is 21.5. The van der Waals surface area contributed by atoms with Gasteiger partial charge in [-0.2, -0.15) is 13.2 Å². The molecule has 7 nitrogen and oxygen atoms in total. The number of carbonyl (C=O) groups excluding carboxylic acids is 2. The molecule has 0 spiro atoms. The van der Waals surface area contributed by atoms with Gasteiger partial charge in [-0.1, -0.05) is 12.1 Å². The molecular formula is C17H19F4N3O4S. The minimum atomic E-state index is -4.68. The summed E-state index contributed by atoms with van der Waals surface area (Å²) in [6, 6.07) is 3.58. The van der Waals surface area contributed by atoms with Crippen LogP contribution in [0.4, 0.5) is 22.4 Å². The lowest BCUT2D eigenvalue weighted by molar-refractivity contribution is -0.151. The normalized spacial score (nSPS) is 20.0. The molecule has 2 aliphatic heterocycles. The van der Waals surface area contributed by atoms with Crippen molar-refractivity contribution in [2.45, 2.75) is 30.8 Å². The molecule has 12 heteroatoms. The van der Waals surface area contributed by atoms with Crippen LogP contribution in [0, 0.1) is 5.82 Å². The summed E-state index contributed by atoms with van der Waals surface area (Å²) >= 11 is 0. The van der Waals surface area contributed by atoms with Crippen molar-refractivity contribution in [2.75, 3.05) is 26.2 Å². The number of imide groups is 1. The molecule has 0 radical (unpaired) electrons. The highest BCUT2D eigenvalue weighted by Crippen LogP contribution is 2.26. The summed E-state index contributed by atoms with van der Waals surface area (Å²) in [5.74, 6) is -1.70. The van der Waals surface area contributed by atoms with E-state index in [0.29, 0.717) is 5.56 Å². The highest BCUT2D eigenvalue weighted by Gasteiger charge is 2.46. The van der Waals surface area contributed by atoms with E-state index < -0.39 is 53.1 Å². The quantitative estimate of drug-likeness (QED) is 0.521. The third-order valence-electron chi connectivity index (χ3n) is 4.94. The molecule has 2 heterocycles. The average molecular weight is 437 g/mol. The number of hydrogen-bond donors (Lipinski definition) is 0. The van der Waals surface area contributed by atoms with Crippen molar-refractivity contribution in [3.63, 3.8) is 0 Å². The maximum absolute atomic E-state index is 13.0. The van der Waals surface area contributed by atoms with Crippen molar-refractivity contribution in [1.29, 1.82) is 0 Å². The number of rotatable bonds is 5. The van der Waals surface area contributed by atoms with Gasteiger partial charge in [0.1, 0.15) is 18.9 Å². The smallest absolute Gasteiger partial charge is 0.312 e. The molecule has 1 aromatic rings. The van der Waals surface area contributed by atoms with Gasteiger partial charge in [-0.3, -0.25) is 9.69 Å². The van der Waals surface area contributed by atoms with E-state index in [1.54, 1.807) is 0 Å². The topological polar surface area (TPSA) is 78.0 Å². The molecule has 0 aliphatic carbocycles. The summed E-state index contributed by atoms with van der Waals surface area (Å²) in [5, 5.41) is 0. The highest BCUT2D eigenvalue weighted by molar-refractivity contribution is 7.88. The van der Waals surface area contributed by atoms with Gasteiger partial charge in [0.25, 0.3) is 5.91 Å². The van der Waals surface area contributed by atoms with E-state index >= 15 is 0 Å². The highest BCUT2D eigenvalue weighted by atomic mass is 32.2. The number of urea groups is 1. The largest absolute Gasteiger partial charge is 0.406 e. The summed E-state index contributed by atoms with van der Waals surface area (Å²) in [6.45, 7) is -1.93. The van der Waals surface area contributed by atoms with Crippen LogP contribution in [-0.2, 0) is 20.6 Å². The molecule has 29 heavy (non-hydrogen) atoms. The van der Waals surface area contributed by atoms with Crippen LogP contribution in [0.2, 0.25) is 0 Å². The van der Waals surface area contributed by atoms with Crippen molar-refractivity contribution in [2.24, 2.45) is 0 Å². The molecule has 2 saturated heterocycles. The summed E-state index contributed by atoms with van der Waals surface area (Å²) in [7, 11) is -3.67. The van der Waals surface area contributed by atoms with E-state index in [-0.39, 0.29) is 36.6 Å². The van der Waals surface area contributed by atoms with E-state index in [1.165, 1.54) is 28.6 Å². The summed E-state index contributed by atoms with van der Waals surface area (Å²) in [5.41, 5.74) is 0.427. The summed E-state index contributed by atoms with van der Waals surface area (Å²) in [6.07, 6.45) is -4.26. The monoisotopic (exact) mass is 437 g/mol. The van der Waals surface area contributed by atoms with E-state index in [0.717, 1.165) is 4.90 Å². The first-order valence-electron chi connectivity index (χ1n) is 8.86. The minimum Gasteiger partial charge on any atom is -0.312 e. The zero-order chi connectivity index (χ0) is 21.4. The second-order valence-electron chi connectivity index (χ2n) is 7.02. The van der Waals surface area contributed by atoms with Gasteiger partial charge in [0, 0.05) is 19.1 Å². The standard InChI is InChI=1S/C17H19F4N3O4S/c18-13-3-1-12(2-4-13)10-29(27,28)22-7-5-14(6-8-22)23-9-15(25)24(16(23)26)11-17(19,20)21/h1-4,14H,5-11H2. The number of sulfonamides is 1. The van der Waals surface area contributed by atoms with Gasteiger partial charge in [-0.05, 0) is 30.5 Å². The van der Waals surface area contributed by atoms with Gasteiger partial charge < -0.3 is 4.90 Å². The molecule has 0 saturated carbocycles. The number of hydrogen-bond acceptors (Lipinski definition) is 4.